The van der Waals surface area contributed by atoms with Crippen molar-refractivity contribution in [1.29, 1.82) is 0 Å². The van der Waals surface area contributed by atoms with Gasteiger partial charge in [-0.05, 0) is 109 Å². The van der Waals surface area contributed by atoms with Gasteiger partial charge in [0, 0.05) is 33.4 Å². The summed E-state index contributed by atoms with van der Waals surface area (Å²) >= 11 is 0. The molecule has 0 saturated heterocycles. The Balaban J connectivity index is 1.46. The first kappa shape index (κ1) is 51.7. The van der Waals surface area contributed by atoms with Crippen molar-refractivity contribution >= 4 is 6.08 Å². The second-order valence-electron chi connectivity index (χ2n) is 24.0. The van der Waals surface area contributed by atoms with Gasteiger partial charge in [-0.15, -0.1) is 0 Å². The summed E-state index contributed by atoms with van der Waals surface area (Å²) in [4.78, 5) is 0. The molecule has 0 spiro atoms. The molecule has 6 aromatic carbocycles. The van der Waals surface area contributed by atoms with Gasteiger partial charge >= 0.3 is 0 Å². The van der Waals surface area contributed by atoms with Crippen LogP contribution in [0.15, 0.2) is 152 Å². The monoisotopic (exact) mass is 899 g/mol. The van der Waals surface area contributed by atoms with E-state index in [-0.39, 0.29) is 62.1 Å². The molecular formula is C68H82+6. The van der Waals surface area contributed by atoms with Crippen LogP contribution in [-0.4, -0.2) is 0 Å². The molecule has 348 valence electrons. The van der Waals surface area contributed by atoms with Crippen LogP contribution in [0.2, 0.25) is 0 Å². The highest BCUT2D eigenvalue weighted by molar-refractivity contribution is 5.49. The van der Waals surface area contributed by atoms with E-state index in [4.69, 9.17) is 20.8 Å². The number of hydrogen-bond acceptors (Lipinski definition) is 0. The van der Waals surface area contributed by atoms with Crippen molar-refractivity contribution in [1.82, 2.24) is 0 Å². The molecular weight excluding hydrogens is 817 g/mol. The largest absolute Gasteiger partial charge is 0.129 e. The van der Waals surface area contributed by atoms with E-state index in [1.54, 1.807) is 0 Å². The van der Waals surface area contributed by atoms with E-state index in [9.17, 15) is 0 Å². The third-order valence-electron chi connectivity index (χ3n) is 15.7. The molecule has 0 nitrogen and oxygen atoms in total. The first-order valence-corrected chi connectivity index (χ1v) is 24.9. The predicted molar refractivity (Wildman–Crippen MR) is 297 cm³/mol. The SMILES string of the molecule is C=Cc1ccc(C(C)(C)CC(c2ccc(C(C)(C)C([CH2+])c3ccc(C([CH2+])(C)C)cc3)cc2)C(c2ccc(C(C)(C)C([CH2+])c3ccc(C([CH2+])(C)C)cc3)cc2)C([CH2+])c2ccc(C([CH2+])(C)C)cc2)cc1. The predicted octanol–water partition coefficient (Wildman–Crippen LogP) is 18.3. The van der Waals surface area contributed by atoms with E-state index in [2.05, 4.69) is 256 Å². The van der Waals surface area contributed by atoms with Crippen LogP contribution in [-0.2, 0) is 32.5 Å². The summed E-state index contributed by atoms with van der Waals surface area (Å²) in [7, 11) is 0. The molecule has 0 radical (unpaired) electrons. The molecule has 0 saturated carbocycles. The molecule has 0 fully saturated rings. The van der Waals surface area contributed by atoms with Crippen LogP contribution in [0.1, 0.15) is 186 Å². The lowest BCUT2D eigenvalue weighted by atomic mass is 9.64. The van der Waals surface area contributed by atoms with Crippen molar-refractivity contribution in [3.63, 3.8) is 0 Å². The highest BCUT2D eigenvalue weighted by Gasteiger charge is 2.41. The Kier molecular flexibility index (Phi) is 14.7. The molecule has 5 atom stereocenters. The molecule has 0 heteroatoms. The van der Waals surface area contributed by atoms with Gasteiger partial charge in [0.05, 0.1) is 41.5 Å². The molecule has 0 N–H and O–H groups in total. The van der Waals surface area contributed by atoms with Gasteiger partial charge in [0.1, 0.15) is 34.0 Å². The maximum absolute atomic E-state index is 5.09. The number of hydrogen-bond donors (Lipinski definition) is 0. The van der Waals surface area contributed by atoms with Gasteiger partial charge in [-0.25, -0.2) is 0 Å². The van der Waals surface area contributed by atoms with Crippen molar-refractivity contribution < 1.29 is 0 Å². The van der Waals surface area contributed by atoms with E-state index >= 15 is 0 Å². The van der Waals surface area contributed by atoms with E-state index in [0.717, 1.165) is 12.0 Å². The summed E-state index contributed by atoms with van der Waals surface area (Å²) in [5.74, 6) is 0.193. The van der Waals surface area contributed by atoms with Gasteiger partial charge in [-0.1, -0.05) is 200 Å². The zero-order valence-corrected chi connectivity index (χ0v) is 44.0. The quantitative estimate of drug-likeness (QED) is 0.0754. The normalized spacial score (nSPS) is 15.2. The van der Waals surface area contributed by atoms with Gasteiger partial charge in [-0.3, -0.25) is 0 Å². The highest BCUT2D eigenvalue weighted by Crippen LogP contribution is 2.51. The van der Waals surface area contributed by atoms with Crippen LogP contribution in [0.25, 0.3) is 6.08 Å². The molecule has 6 rings (SSSR count). The fourth-order valence-corrected chi connectivity index (χ4v) is 10.2. The Morgan fingerprint density at radius 1 is 0.382 bits per heavy atom. The molecule has 0 aliphatic heterocycles. The first-order chi connectivity index (χ1) is 31.5. The van der Waals surface area contributed by atoms with Crippen LogP contribution in [0.5, 0.6) is 0 Å². The minimum absolute atomic E-state index is 0.0434. The molecule has 0 bridgehead atoms. The maximum Gasteiger partial charge on any atom is 0.129 e. The molecule has 0 aliphatic rings. The molecule has 0 amide bonds. The molecule has 0 aliphatic carbocycles. The zero-order valence-electron chi connectivity index (χ0n) is 44.0. The van der Waals surface area contributed by atoms with E-state index in [0.29, 0.717) is 0 Å². The van der Waals surface area contributed by atoms with Gasteiger partial charge in [0.15, 0.2) is 0 Å². The Morgan fingerprint density at radius 3 is 1.01 bits per heavy atom. The van der Waals surface area contributed by atoms with E-state index in [1.807, 2.05) is 6.08 Å². The second kappa shape index (κ2) is 19.3. The van der Waals surface area contributed by atoms with Crippen LogP contribution in [0.4, 0.5) is 0 Å². The minimum Gasteiger partial charge on any atom is -0.0985 e. The molecule has 68 heavy (non-hydrogen) atoms. The van der Waals surface area contributed by atoms with Gasteiger partial charge in [0.25, 0.3) is 0 Å². The van der Waals surface area contributed by atoms with Crippen molar-refractivity contribution in [2.24, 2.45) is 0 Å². The van der Waals surface area contributed by atoms with Crippen molar-refractivity contribution in [3.8, 4) is 0 Å². The van der Waals surface area contributed by atoms with Crippen molar-refractivity contribution in [3.05, 3.63) is 260 Å². The average Bonchev–Trinajstić information content (AvgIpc) is 3.30. The Labute approximate surface area is 416 Å². The van der Waals surface area contributed by atoms with Crippen LogP contribution in [0, 0.1) is 41.5 Å². The summed E-state index contributed by atoms with van der Waals surface area (Å²) in [5.41, 5.74) is 13.8. The lowest BCUT2D eigenvalue weighted by molar-refractivity contribution is 0.368. The van der Waals surface area contributed by atoms with Crippen LogP contribution in [0.3, 0.4) is 0 Å². The second-order valence-corrected chi connectivity index (χ2v) is 24.0. The topological polar surface area (TPSA) is 0 Å². The van der Waals surface area contributed by atoms with Crippen LogP contribution < -0.4 is 0 Å². The highest BCUT2D eigenvalue weighted by atomic mass is 14.4. The van der Waals surface area contributed by atoms with E-state index < -0.39 is 0 Å². The molecule has 6 aromatic rings. The van der Waals surface area contributed by atoms with Gasteiger partial charge in [0.2, 0.25) is 0 Å². The summed E-state index contributed by atoms with van der Waals surface area (Å²) in [6.07, 6.45) is 2.83. The summed E-state index contributed by atoms with van der Waals surface area (Å²) in [6.45, 7) is 58.9. The standard InChI is InChI=1S/C68H82/c1-20-49-21-33-58(34-22-49)66(14,15)45-61(53-29-41-59(42-30-53)67(16,17)47(3)51-25-37-56(38-26-51)64(8,9)10)62(46(2)50-23-35-55(36-24-50)63(5,6)7)54-31-43-60(44-32-54)68(18,19)48(4)52-27-39-57(40-28-52)65(11,12)13/h20-44,46-48,61-62H,1-5,8,11,45H2,6-7,9-10,12-19H3/q+6. The first-order valence-electron chi connectivity index (χ1n) is 24.9. The van der Waals surface area contributed by atoms with Crippen LogP contribution >= 0.6 is 0 Å². The lowest BCUT2D eigenvalue weighted by Crippen LogP contribution is -2.28. The fourth-order valence-electron chi connectivity index (χ4n) is 10.2. The third kappa shape index (κ3) is 11.2. The molecule has 5 unspecified atom stereocenters. The van der Waals surface area contributed by atoms with Gasteiger partial charge < -0.3 is 0 Å². The maximum atomic E-state index is 5.09. The molecule has 0 heterocycles. The number of benzene rings is 6. The summed E-state index contributed by atoms with van der Waals surface area (Å²) in [6, 6.07) is 54.9. The average molecular weight is 899 g/mol. The van der Waals surface area contributed by atoms with E-state index in [1.165, 1.54) is 61.2 Å². The van der Waals surface area contributed by atoms with Crippen molar-refractivity contribution in [2.75, 3.05) is 0 Å². The Bertz CT molecular complexity index is 2550. The third-order valence-corrected chi connectivity index (χ3v) is 15.7. The fraction of sp³-hybridized carbons (Fsp3) is 0.353. The van der Waals surface area contributed by atoms with Gasteiger partial charge in [-0.2, -0.15) is 0 Å². The zero-order chi connectivity index (χ0) is 50.2. The summed E-state index contributed by atoms with van der Waals surface area (Å²) < 4.78 is 0. The summed E-state index contributed by atoms with van der Waals surface area (Å²) in [5, 5.41) is 0. The Hall–Kier alpha value is -5.72. The Morgan fingerprint density at radius 2 is 0.676 bits per heavy atom. The molecule has 0 aromatic heterocycles. The minimum atomic E-state index is -0.227. The van der Waals surface area contributed by atoms with Crippen molar-refractivity contribution in [2.45, 2.75) is 152 Å². The smallest absolute Gasteiger partial charge is 0.0985 e. The lowest BCUT2D eigenvalue weighted by Gasteiger charge is -2.37. The number of rotatable bonds is 18.